The number of nitrogens with one attached hydrogen (secondary N) is 2. The number of hydrogen-bond donors (Lipinski definition) is 7. The van der Waals surface area contributed by atoms with Gasteiger partial charge in [0.05, 0.1) is 37.7 Å². The third-order valence-electron chi connectivity index (χ3n) is 22.2. The summed E-state index contributed by atoms with van der Waals surface area (Å²) >= 11 is 9.53. The van der Waals surface area contributed by atoms with Gasteiger partial charge in [0.1, 0.15) is 47.1 Å². The second-order valence-electron chi connectivity index (χ2n) is 35.3. The van der Waals surface area contributed by atoms with Crippen molar-refractivity contribution in [3.63, 3.8) is 0 Å². The van der Waals surface area contributed by atoms with Crippen LogP contribution in [-0.4, -0.2) is 180 Å². The average Bonchev–Trinajstić information content (AvgIpc) is 0.841. The Balaban J connectivity index is 0.000000283. The summed E-state index contributed by atoms with van der Waals surface area (Å²) < 4.78 is 21.3. The van der Waals surface area contributed by atoms with Crippen molar-refractivity contribution >= 4 is 65.2 Å². The smallest absolute Gasteiger partial charge is 0.411 e. The Hall–Kier alpha value is -8.61. The molecule has 3 heterocycles. The molecule has 5 amide bonds. The fraction of sp³-hybridized carbons (Fsp3) is 0.552. The molecular weight excluding hydrogens is 1570 g/mol. The van der Waals surface area contributed by atoms with Crippen LogP contribution < -0.4 is 10.6 Å². The minimum Gasteiger partial charge on any atom is -0.480 e. The van der Waals surface area contributed by atoms with Gasteiger partial charge in [-0.3, -0.25) is 24.3 Å². The number of amides is 5. The van der Waals surface area contributed by atoms with Crippen molar-refractivity contribution in [2.75, 3.05) is 45.3 Å². The van der Waals surface area contributed by atoms with Crippen molar-refractivity contribution < 1.29 is 83.5 Å². The van der Waals surface area contributed by atoms with Crippen LogP contribution in [0.5, 0.6) is 0 Å². The lowest BCUT2D eigenvalue weighted by Gasteiger charge is -2.40. The fourth-order valence-electron chi connectivity index (χ4n) is 15.4. The zero-order valence-corrected chi connectivity index (χ0v) is 74.7. The Labute approximate surface area is 723 Å². The maximum Gasteiger partial charge on any atom is 0.411 e. The van der Waals surface area contributed by atoms with Crippen LogP contribution >= 0.6 is 23.2 Å². The Kier molecular flexibility index (Phi) is 43.1. The molecule has 6 aromatic carbocycles. The lowest BCUT2D eigenvalue weighted by molar-refractivity contribution is -0.149. The summed E-state index contributed by atoms with van der Waals surface area (Å²) in [6.07, 6.45) is 12.4. The third kappa shape index (κ3) is 35.8. The number of aliphatic carboxylic acids is 1. The molecule has 120 heavy (non-hydrogen) atoms. The number of aliphatic hydroxyl groups excluding tert-OH is 4. The molecule has 0 aromatic heterocycles. The molecule has 1 aliphatic carbocycles. The number of benzene rings is 6. The molecule has 3 saturated heterocycles. The van der Waals surface area contributed by atoms with E-state index >= 15 is 0 Å². The Morgan fingerprint density at radius 2 is 0.717 bits per heavy atom. The summed E-state index contributed by atoms with van der Waals surface area (Å²) in [5.74, 6) is -0.292. The van der Waals surface area contributed by atoms with E-state index in [1.54, 1.807) is 77.9 Å². The molecule has 3 aliphatic heterocycles. The highest BCUT2D eigenvalue weighted by Gasteiger charge is 2.43. The number of carboxylic acids is 1. The Morgan fingerprint density at radius 3 is 1.02 bits per heavy atom. The summed E-state index contributed by atoms with van der Waals surface area (Å²) in [5, 5.41) is 56.4. The number of rotatable bonds is 24. The number of carboxylic acid groups (broad SMARTS) is 1. The van der Waals surface area contributed by atoms with Crippen molar-refractivity contribution in [3.8, 4) is 0 Å². The van der Waals surface area contributed by atoms with E-state index in [4.69, 9.17) is 42.1 Å². The number of methoxy groups -OCH3 is 1. The summed E-state index contributed by atoms with van der Waals surface area (Å²) in [4.78, 5) is 92.3. The number of alkyl halides is 2. The highest BCUT2D eigenvalue weighted by Crippen LogP contribution is 2.36. The van der Waals surface area contributed by atoms with Gasteiger partial charge in [-0.2, -0.15) is 0 Å². The van der Waals surface area contributed by atoms with Crippen LogP contribution in [0.1, 0.15) is 220 Å². The van der Waals surface area contributed by atoms with E-state index in [-0.39, 0.29) is 41.1 Å². The molecule has 0 radical (unpaired) electrons. The summed E-state index contributed by atoms with van der Waals surface area (Å²) in [5.41, 5.74) is 9.58. The summed E-state index contributed by atoms with van der Waals surface area (Å²) in [6.45, 7) is 25.2. The maximum atomic E-state index is 13.5. The van der Waals surface area contributed by atoms with E-state index in [0.29, 0.717) is 67.8 Å². The molecule has 0 spiro atoms. The lowest BCUT2D eigenvalue weighted by Crippen LogP contribution is -2.57. The maximum absolute atomic E-state index is 13.5. The number of likely N-dealkylation sites (tertiary alicyclic amines) is 3. The fourth-order valence-corrected chi connectivity index (χ4v) is 15.4. The van der Waals surface area contributed by atoms with E-state index in [1.165, 1.54) is 72.7 Å². The third-order valence-corrected chi connectivity index (χ3v) is 22.2. The second-order valence-corrected chi connectivity index (χ2v) is 36.1. The molecule has 6 aromatic rings. The first kappa shape index (κ1) is 102. The van der Waals surface area contributed by atoms with Gasteiger partial charge in [0.2, 0.25) is 11.8 Å². The summed E-state index contributed by atoms with van der Waals surface area (Å²) in [6, 6.07) is 48.6. The van der Waals surface area contributed by atoms with Gasteiger partial charge < -0.3 is 60.6 Å². The highest BCUT2D eigenvalue weighted by atomic mass is 35.5. The SMILES string of the molecule is COC(=O)C1CC(CCc2ccc(C)cc2)CCN1C(=O)OC(C)(C)C.Cc1ccc(CCC2CCN(C(=O)OC(C)(C)C)C(C(=O)N[C@@H](CO)[C@@H](O)c3ccccc3)C2)cc1.Cc1ccc(CCC2CCN(C(=O)OC(C)(C)C)C(C(=O)O)C2)cc1.Cc1ccc(CC[C@H]2CCCC(C(=O)N[C@@H](CO)[C@@H](O)c3ccccc3)C2)cc1.ClCCl.O. The van der Waals surface area contributed by atoms with Gasteiger partial charge in [-0.25, -0.2) is 24.0 Å². The van der Waals surface area contributed by atoms with Crippen LogP contribution in [-0.2, 0) is 63.8 Å². The van der Waals surface area contributed by atoms with Crippen LogP contribution in [0.3, 0.4) is 0 Å². The predicted molar refractivity (Wildman–Crippen MR) is 472 cm³/mol. The number of hydrogen-bond acceptors (Lipinski definition) is 15. The van der Waals surface area contributed by atoms with Gasteiger partial charge in [0.25, 0.3) is 0 Å². The van der Waals surface area contributed by atoms with Crippen molar-refractivity contribution in [2.45, 2.75) is 265 Å². The molecule has 24 heteroatoms. The molecule has 10 rings (SSSR count). The van der Waals surface area contributed by atoms with Crippen molar-refractivity contribution in [1.82, 2.24) is 25.3 Å². The first-order valence-corrected chi connectivity index (χ1v) is 43.4. The number of carbonyl (C=O) groups excluding carboxylic acids is 6. The van der Waals surface area contributed by atoms with Crippen molar-refractivity contribution in [2.24, 2.45) is 29.6 Å². The molecule has 7 unspecified atom stereocenters. The van der Waals surface area contributed by atoms with Crippen molar-refractivity contribution in [1.29, 1.82) is 0 Å². The molecule has 0 bridgehead atoms. The molecule has 12 atom stereocenters. The topological polar surface area (TPSA) is 323 Å². The molecule has 662 valence electrons. The Morgan fingerprint density at radius 1 is 0.425 bits per heavy atom. The molecule has 4 aliphatic rings. The number of nitrogens with zero attached hydrogens (tertiary/aromatic N) is 3. The lowest BCUT2D eigenvalue weighted by atomic mass is 9.78. The number of aliphatic hydroxyl groups is 4. The van der Waals surface area contributed by atoms with Gasteiger partial charge in [-0.1, -0.05) is 193 Å². The van der Waals surface area contributed by atoms with Gasteiger partial charge in [0.15, 0.2) is 0 Å². The molecular formula is C96H137Cl2N5O17. The quantitative estimate of drug-likeness (QED) is 0.0168. The molecule has 1 saturated carbocycles. The average molecular weight is 1700 g/mol. The van der Waals surface area contributed by atoms with E-state index in [9.17, 15) is 59.1 Å². The number of piperidine rings is 3. The van der Waals surface area contributed by atoms with Crippen LogP contribution in [0.25, 0.3) is 0 Å². The van der Waals surface area contributed by atoms with Crippen molar-refractivity contribution in [3.05, 3.63) is 213 Å². The largest absolute Gasteiger partial charge is 0.480 e. The van der Waals surface area contributed by atoms with Gasteiger partial charge in [0, 0.05) is 25.6 Å². The summed E-state index contributed by atoms with van der Waals surface area (Å²) in [7, 11) is 1.37. The zero-order chi connectivity index (χ0) is 87.6. The van der Waals surface area contributed by atoms with Crippen LogP contribution in [0, 0.1) is 57.3 Å². The predicted octanol–water partition coefficient (Wildman–Crippen LogP) is 16.8. The van der Waals surface area contributed by atoms with Crippen LogP contribution in [0.2, 0.25) is 0 Å². The van der Waals surface area contributed by atoms with E-state index < -0.39 is 96.0 Å². The number of ether oxygens (including phenoxy) is 4. The van der Waals surface area contributed by atoms with E-state index in [0.717, 1.165) is 89.9 Å². The Bertz CT molecular complexity index is 4030. The zero-order valence-electron chi connectivity index (χ0n) is 73.2. The van der Waals surface area contributed by atoms with Gasteiger partial charge >= 0.3 is 30.2 Å². The second kappa shape index (κ2) is 50.7. The van der Waals surface area contributed by atoms with Crippen LogP contribution in [0.15, 0.2) is 158 Å². The van der Waals surface area contributed by atoms with E-state index in [1.807, 2.05) is 45.0 Å². The van der Waals surface area contributed by atoms with E-state index in [2.05, 4.69) is 135 Å². The monoisotopic (exact) mass is 1700 g/mol. The number of aryl methyl sites for hydroxylation is 8. The normalized spacial score (nSPS) is 20.1. The first-order valence-electron chi connectivity index (χ1n) is 42.3. The first-order chi connectivity index (χ1) is 56.4. The number of carbonyl (C=O) groups is 7. The molecule has 9 N–H and O–H groups in total. The molecule has 22 nitrogen and oxygen atoms in total. The van der Waals surface area contributed by atoms with Crippen LogP contribution in [0.4, 0.5) is 14.4 Å². The molecule has 4 fully saturated rings. The van der Waals surface area contributed by atoms with Gasteiger partial charge in [-0.05, 0) is 250 Å². The number of esters is 1. The number of halogens is 2. The minimum absolute atomic E-state index is 0. The standard InChI is InChI=1S/C29H40N2O5.C25H33NO3.C21H31NO4.C20H29NO4.CH2Cl2.H2O/c1-20-10-12-21(13-11-20)14-15-22-16-17-31(28(35)36-29(2,3)4)25(18-22)27(34)30-24(19-32)26(33)23-8-6-5-7-9-23;1-18-10-12-19(13-11-18)14-15-20-6-5-9-22(16-20)25(29)26-23(17-27)24(28)21-7-3-2-4-8-21;1-15-6-8-16(9-7-15)10-11-17-12-13-22(18(14-17)19(23)25-5)20(24)26-21(2,3)4;1-14-5-7-15(8-6-14)9-10-16-11-12-21(17(13-16)18(22)23)19(24)25-20(2,3)4;2-1-3;/h5-13,22,24-26,32-33H,14-19H2,1-4H3,(H,30,34);2-4,7-8,10-13,20,22-24,27-28H,5-6,9,14-17H2,1H3,(H,26,29);6-9,17-18H,10-14H2,1-5H3;5-8,16-17H,9-13H2,1-4H3,(H,22,23);1H2;1H2/t22?,24-,25?,26-;20-,22?,23+,24+;;;;/m01..../s1. The highest BCUT2D eigenvalue weighted by molar-refractivity contribution is 6.40. The van der Waals surface area contributed by atoms with Gasteiger partial charge in [-0.15, -0.1) is 23.2 Å². The minimum atomic E-state index is -1.07.